The van der Waals surface area contributed by atoms with Crippen LogP contribution in [0.2, 0.25) is 0 Å². The summed E-state index contributed by atoms with van der Waals surface area (Å²) in [5.74, 6) is -0.882. The Hall–Kier alpha value is -1.41. The van der Waals surface area contributed by atoms with Gasteiger partial charge in [0.05, 0.1) is 11.8 Å². The van der Waals surface area contributed by atoms with Gasteiger partial charge in [-0.3, -0.25) is 4.79 Å². The number of aromatic nitrogens is 1. The Kier molecular flexibility index (Phi) is 3.81. The lowest BCUT2D eigenvalue weighted by atomic mass is 9.97. The van der Waals surface area contributed by atoms with Crippen LogP contribution in [0.3, 0.4) is 0 Å². The summed E-state index contributed by atoms with van der Waals surface area (Å²) in [4.78, 5) is 15.7. The van der Waals surface area contributed by atoms with Crippen molar-refractivity contribution in [2.75, 3.05) is 5.32 Å². The maximum Gasteiger partial charge on any atom is 0.243 e. The number of aryl methyl sites for hydroxylation is 1. The monoisotopic (exact) mass is 223 g/mol. The van der Waals surface area contributed by atoms with Crippen LogP contribution in [0.1, 0.15) is 19.5 Å². The highest BCUT2D eigenvalue weighted by atomic mass is 32.1. The molecule has 80 valence electrons. The van der Waals surface area contributed by atoms with Gasteiger partial charge in [-0.15, -0.1) is 11.3 Å². The summed E-state index contributed by atoms with van der Waals surface area (Å²) in [7, 11) is 0. The molecule has 1 amide bonds. The summed E-state index contributed by atoms with van der Waals surface area (Å²) in [5, 5.41) is 13.9. The average molecular weight is 223 g/mol. The van der Waals surface area contributed by atoms with Crippen LogP contribution in [0.4, 0.5) is 5.13 Å². The van der Waals surface area contributed by atoms with E-state index in [2.05, 4.69) is 10.3 Å². The van der Waals surface area contributed by atoms with Crippen molar-refractivity contribution < 1.29 is 4.79 Å². The lowest BCUT2D eigenvalue weighted by Crippen LogP contribution is -2.25. The maximum atomic E-state index is 11.6. The number of nitriles is 1. The molecule has 0 saturated carbocycles. The molecule has 0 spiro atoms. The van der Waals surface area contributed by atoms with Gasteiger partial charge >= 0.3 is 0 Å². The molecular weight excluding hydrogens is 210 g/mol. The van der Waals surface area contributed by atoms with Gasteiger partial charge in [0.1, 0.15) is 5.92 Å². The van der Waals surface area contributed by atoms with E-state index in [-0.39, 0.29) is 11.8 Å². The largest absolute Gasteiger partial charge is 0.301 e. The third-order valence-electron chi connectivity index (χ3n) is 1.94. The van der Waals surface area contributed by atoms with Crippen molar-refractivity contribution >= 4 is 22.4 Å². The van der Waals surface area contributed by atoms with Crippen LogP contribution >= 0.6 is 11.3 Å². The number of nitrogens with zero attached hydrogens (tertiary/aromatic N) is 2. The van der Waals surface area contributed by atoms with E-state index in [1.165, 1.54) is 11.3 Å². The summed E-state index contributed by atoms with van der Waals surface area (Å²) < 4.78 is 0. The molecule has 1 N–H and O–H groups in total. The van der Waals surface area contributed by atoms with Gasteiger partial charge in [0.15, 0.2) is 5.13 Å². The lowest BCUT2D eigenvalue weighted by Gasteiger charge is -2.11. The third-order valence-corrected chi connectivity index (χ3v) is 2.81. The first-order valence-corrected chi connectivity index (χ1v) is 5.55. The zero-order valence-corrected chi connectivity index (χ0v) is 9.76. The predicted octanol–water partition coefficient (Wildman–Crippen LogP) is 2.19. The molecule has 1 heterocycles. The highest BCUT2D eigenvalue weighted by Crippen LogP contribution is 2.17. The van der Waals surface area contributed by atoms with E-state index < -0.39 is 5.92 Å². The van der Waals surface area contributed by atoms with Crippen LogP contribution in [0.5, 0.6) is 0 Å². The molecule has 0 bridgehead atoms. The van der Waals surface area contributed by atoms with Gasteiger partial charge in [-0.1, -0.05) is 13.8 Å². The SMILES string of the molecule is Cc1csc(NC(=O)C(C#N)C(C)C)n1. The Labute approximate surface area is 92.9 Å². The van der Waals surface area contributed by atoms with E-state index in [1.807, 2.05) is 32.2 Å². The van der Waals surface area contributed by atoms with Gasteiger partial charge in [-0.25, -0.2) is 4.98 Å². The molecule has 1 atom stereocenters. The Bertz CT molecular complexity index is 392. The van der Waals surface area contributed by atoms with Crippen molar-refractivity contribution in [3.63, 3.8) is 0 Å². The predicted molar refractivity (Wildman–Crippen MR) is 59.4 cm³/mol. The van der Waals surface area contributed by atoms with E-state index in [0.717, 1.165) is 5.69 Å². The van der Waals surface area contributed by atoms with Crippen LogP contribution in [0.15, 0.2) is 5.38 Å². The number of carbonyl (C=O) groups is 1. The second-order valence-electron chi connectivity index (χ2n) is 3.63. The highest BCUT2D eigenvalue weighted by Gasteiger charge is 2.22. The molecule has 0 saturated heterocycles. The molecule has 1 aromatic rings. The number of hydrogen-bond donors (Lipinski definition) is 1. The second kappa shape index (κ2) is 4.89. The molecule has 0 radical (unpaired) electrons. The Morgan fingerprint density at radius 3 is 2.73 bits per heavy atom. The number of hydrogen-bond acceptors (Lipinski definition) is 4. The fraction of sp³-hybridized carbons (Fsp3) is 0.500. The molecule has 0 aliphatic carbocycles. The van der Waals surface area contributed by atoms with Crippen molar-refractivity contribution in [3.05, 3.63) is 11.1 Å². The number of amides is 1. The number of carbonyl (C=O) groups excluding carboxylic acids is 1. The quantitative estimate of drug-likeness (QED) is 0.854. The van der Waals surface area contributed by atoms with Gasteiger partial charge in [0.25, 0.3) is 0 Å². The number of anilines is 1. The van der Waals surface area contributed by atoms with Crippen molar-refractivity contribution in [2.24, 2.45) is 11.8 Å². The number of rotatable bonds is 3. The molecule has 4 nitrogen and oxygen atoms in total. The Morgan fingerprint density at radius 1 is 1.67 bits per heavy atom. The zero-order valence-electron chi connectivity index (χ0n) is 8.94. The van der Waals surface area contributed by atoms with Crippen molar-refractivity contribution in [1.29, 1.82) is 5.26 Å². The summed E-state index contributed by atoms with van der Waals surface area (Å²) >= 11 is 1.37. The van der Waals surface area contributed by atoms with Crippen LogP contribution in [0, 0.1) is 30.1 Å². The Morgan fingerprint density at radius 2 is 2.33 bits per heavy atom. The normalized spacial score (nSPS) is 12.2. The first kappa shape index (κ1) is 11.7. The minimum Gasteiger partial charge on any atom is -0.301 e. The molecule has 1 rings (SSSR count). The topological polar surface area (TPSA) is 65.8 Å². The number of thiazole rings is 1. The first-order chi connectivity index (χ1) is 7.04. The third kappa shape index (κ3) is 3.03. The van der Waals surface area contributed by atoms with Gasteiger partial charge in [0, 0.05) is 5.38 Å². The van der Waals surface area contributed by atoms with Gasteiger partial charge in [0.2, 0.25) is 5.91 Å². The molecule has 0 fully saturated rings. The summed E-state index contributed by atoms with van der Waals surface area (Å²) in [6.45, 7) is 5.55. The van der Waals surface area contributed by atoms with Gasteiger partial charge in [-0.05, 0) is 12.8 Å². The van der Waals surface area contributed by atoms with E-state index in [9.17, 15) is 4.79 Å². The summed E-state index contributed by atoms with van der Waals surface area (Å²) in [6, 6.07) is 1.99. The second-order valence-corrected chi connectivity index (χ2v) is 4.49. The average Bonchev–Trinajstić information content (AvgIpc) is 2.51. The first-order valence-electron chi connectivity index (χ1n) is 4.67. The summed E-state index contributed by atoms with van der Waals surface area (Å²) in [6.07, 6.45) is 0. The molecule has 5 heteroatoms. The number of nitrogens with one attached hydrogen (secondary N) is 1. The molecule has 1 unspecified atom stereocenters. The van der Waals surface area contributed by atoms with Crippen LogP contribution < -0.4 is 5.32 Å². The van der Waals surface area contributed by atoms with Crippen LogP contribution in [0.25, 0.3) is 0 Å². The fourth-order valence-electron chi connectivity index (χ4n) is 1.10. The van der Waals surface area contributed by atoms with E-state index in [1.54, 1.807) is 0 Å². The molecule has 0 aliphatic rings. The minimum absolute atomic E-state index is 0.0102. The maximum absolute atomic E-state index is 11.6. The molecule has 0 aliphatic heterocycles. The van der Waals surface area contributed by atoms with Crippen LogP contribution in [-0.2, 0) is 4.79 Å². The fourth-order valence-corrected chi connectivity index (χ4v) is 1.80. The van der Waals surface area contributed by atoms with Gasteiger partial charge in [-0.2, -0.15) is 5.26 Å². The smallest absolute Gasteiger partial charge is 0.243 e. The molecule has 0 aromatic carbocycles. The minimum atomic E-state index is -0.616. The molecule has 1 aromatic heterocycles. The molecule has 15 heavy (non-hydrogen) atoms. The highest BCUT2D eigenvalue weighted by molar-refractivity contribution is 7.13. The van der Waals surface area contributed by atoms with Gasteiger partial charge < -0.3 is 5.32 Å². The van der Waals surface area contributed by atoms with Crippen molar-refractivity contribution in [3.8, 4) is 6.07 Å². The molecular formula is C10H13N3OS. The van der Waals surface area contributed by atoms with E-state index in [0.29, 0.717) is 5.13 Å². The van der Waals surface area contributed by atoms with Crippen molar-refractivity contribution in [2.45, 2.75) is 20.8 Å². The summed E-state index contributed by atoms with van der Waals surface area (Å²) in [5.41, 5.74) is 0.869. The lowest BCUT2D eigenvalue weighted by molar-refractivity contribution is -0.119. The van der Waals surface area contributed by atoms with Crippen LogP contribution in [-0.4, -0.2) is 10.9 Å². The Balaban J connectivity index is 2.67. The van der Waals surface area contributed by atoms with E-state index in [4.69, 9.17) is 5.26 Å². The van der Waals surface area contributed by atoms with E-state index >= 15 is 0 Å². The standard InChI is InChI=1S/C10H13N3OS/c1-6(2)8(4-11)9(14)13-10-12-7(3)5-15-10/h5-6,8H,1-3H3,(H,12,13,14). The zero-order chi connectivity index (χ0) is 11.4. The van der Waals surface area contributed by atoms with Crippen molar-refractivity contribution in [1.82, 2.24) is 4.98 Å².